The second kappa shape index (κ2) is 14.7. The van der Waals surface area contributed by atoms with Gasteiger partial charge in [0.15, 0.2) is 0 Å². The van der Waals surface area contributed by atoms with Crippen molar-refractivity contribution in [2.45, 2.75) is 6.42 Å². The maximum atomic E-state index is 5.52. The molecule has 0 bridgehead atoms. The van der Waals surface area contributed by atoms with E-state index in [-0.39, 0.29) is 0 Å². The van der Waals surface area contributed by atoms with Crippen molar-refractivity contribution in [1.29, 1.82) is 0 Å². The van der Waals surface area contributed by atoms with Crippen molar-refractivity contribution in [3.63, 3.8) is 0 Å². The zero-order valence-corrected chi connectivity index (χ0v) is 27.7. The summed E-state index contributed by atoms with van der Waals surface area (Å²) in [6.07, 6.45) is 0.752. The third-order valence-corrected chi connectivity index (χ3v) is 8.67. The Hall–Kier alpha value is -6.26. The predicted octanol–water partition coefficient (Wildman–Crippen LogP) is 11.9. The number of hydrogen-bond donors (Lipinski definition) is 0. The van der Waals surface area contributed by atoms with Gasteiger partial charge < -0.3 is 19.3 Å². The van der Waals surface area contributed by atoms with Gasteiger partial charge in [-0.15, -0.1) is 0 Å². The molecule has 0 saturated carbocycles. The lowest BCUT2D eigenvalue weighted by atomic mass is 9.94. The van der Waals surface area contributed by atoms with Crippen molar-refractivity contribution < 1.29 is 9.47 Å². The topological polar surface area (TPSA) is 24.9 Å². The molecule has 0 aliphatic rings. The first-order chi connectivity index (χ1) is 24.2. The molecule has 0 unspecified atom stereocenters. The highest BCUT2D eigenvalue weighted by Crippen LogP contribution is 2.42. The number of hydrogen-bond acceptors (Lipinski definition) is 4. The lowest BCUT2D eigenvalue weighted by Gasteiger charge is -2.30. The van der Waals surface area contributed by atoms with Gasteiger partial charge >= 0.3 is 0 Å². The average molecular weight is 639 g/mol. The second-order valence-corrected chi connectivity index (χ2v) is 11.8. The minimum Gasteiger partial charge on any atom is -0.497 e. The van der Waals surface area contributed by atoms with Gasteiger partial charge in [0.1, 0.15) is 11.5 Å². The largest absolute Gasteiger partial charge is 0.497 e. The van der Waals surface area contributed by atoms with Crippen LogP contribution in [0.3, 0.4) is 0 Å². The first-order valence-electron chi connectivity index (χ1n) is 16.5. The molecule has 0 amide bonds. The van der Waals surface area contributed by atoms with Crippen LogP contribution in [0.1, 0.15) is 11.1 Å². The van der Waals surface area contributed by atoms with E-state index in [1.165, 1.54) is 22.3 Å². The van der Waals surface area contributed by atoms with Crippen molar-refractivity contribution in [2.75, 3.05) is 24.0 Å². The summed E-state index contributed by atoms with van der Waals surface area (Å²) in [5.74, 6) is 1.64. The summed E-state index contributed by atoms with van der Waals surface area (Å²) in [7, 11) is 3.40. The van der Waals surface area contributed by atoms with Crippen LogP contribution in [0.25, 0.3) is 11.1 Å². The number of nitrogens with zero attached hydrogens (tertiary/aromatic N) is 2. The van der Waals surface area contributed by atoms with Crippen molar-refractivity contribution in [3.05, 3.63) is 193 Å². The van der Waals surface area contributed by atoms with Crippen LogP contribution in [0.15, 0.2) is 182 Å². The number of para-hydroxylation sites is 2. The molecule has 0 heterocycles. The Kier molecular flexibility index (Phi) is 9.38. The highest BCUT2D eigenvalue weighted by molar-refractivity contribution is 5.84. The Morgan fingerprint density at radius 2 is 0.796 bits per heavy atom. The number of rotatable bonds is 11. The summed E-state index contributed by atoms with van der Waals surface area (Å²) in [6.45, 7) is 0. The summed E-state index contributed by atoms with van der Waals surface area (Å²) in [5.41, 5.74) is 11.2. The Balaban J connectivity index is 1.44. The van der Waals surface area contributed by atoms with E-state index >= 15 is 0 Å². The third-order valence-electron chi connectivity index (χ3n) is 8.67. The number of ether oxygens (including phenoxy) is 2. The van der Waals surface area contributed by atoms with Crippen molar-refractivity contribution >= 4 is 34.1 Å². The van der Waals surface area contributed by atoms with Crippen molar-refractivity contribution in [1.82, 2.24) is 0 Å². The molecule has 7 rings (SSSR count). The van der Waals surface area contributed by atoms with Gasteiger partial charge in [0.25, 0.3) is 0 Å². The molecule has 0 N–H and O–H groups in total. The maximum Gasteiger partial charge on any atom is 0.119 e. The lowest BCUT2D eigenvalue weighted by molar-refractivity contribution is 0.414. The Bertz CT molecular complexity index is 1990. The second-order valence-electron chi connectivity index (χ2n) is 11.8. The first kappa shape index (κ1) is 31.3. The molecule has 0 aliphatic carbocycles. The molecule has 7 aromatic rings. The molecule has 0 radical (unpaired) electrons. The van der Waals surface area contributed by atoms with E-state index in [1.54, 1.807) is 14.2 Å². The van der Waals surface area contributed by atoms with Crippen molar-refractivity contribution in [2.24, 2.45) is 0 Å². The summed E-state index contributed by atoms with van der Waals surface area (Å²) >= 11 is 0. The Morgan fingerprint density at radius 3 is 1.27 bits per heavy atom. The zero-order chi connectivity index (χ0) is 33.4. The molecule has 240 valence electrons. The molecule has 0 spiro atoms. The van der Waals surface area contributed by atoms with Crippen LogP contribution >= 0.6 is 0 Å². The third kappa shape index (κ3) is 7.04. The van der Waals surface area contributed by atoms with Gasteiger partial charge in [-0.25, -0.2) is 0 Å². The molecule has 4 heteroatoms. The molecule has 7 aromatic carbocycles. The van der Waals surface area contributed by atoms with E-state index in [4.69, 9.17) is 9.47 Å². The highest BCUT2D eigenvalue weighted by Gasteiger charge is 2.19. The molecule has 0 aromatic heterocycles. The van der Waals surface area contributed by atoms with E-state index in [0.29, 0.717) is 0 Å². The lowest BCUT2D eigenvalue weighted by Crippen LogP contribution is -2.14. The van der Waals surface area contributed by atoms with Gasteiger partial charge in [0.2, 0.25) is 0 Å². The summed E-state index contributed by atoms with van der Waals surface area (Å²) < 4.78 is 11.0. The summed E-state index contributed by atoms with van der Waals surface area (Å²) in [6, 6.07) is 63.8. The molecule has 49 heavy (non-hydrogen) atoms. The van der Waals surface area contributed by atoms with Crippen LogP contribution < -0.4 is 19.3 Å². The van der Waals surface area contributed by atoms with E-state index < -0.39 is 0 Å². The van der Waals surface area contributed by atoms with E-state index in [9.17, 15) is 0 Å². The van der Waals surface area contributed by atoms with Crippen LogP contribution in [0.2, 0.25) is 0 Å². The minimum atomic E-state index is 0.752. The summed E-state index contributed by atoms with van der Waals surface area (Å²) in [4.78, 5) is 4.62. The zero-order valence-electron chi connectivity index (χ0n) is 27.7. The monoisotopic (exact) mass is 638 g/mol. The SMILES string of the molecule is COc1ccc(N(c2ccccc2)c2cc(Cc3ccccc3-c3ccccc3)cc(N(c3ccccc3)c3ccc(OC)cc3)c2)cc1. The molecule has 0 fully saturated rings. The van der Waals surface area contributed by atoms with E-state index in [1.807, 2.05) is 24.3 Å². The molecule has 0 atom stereocenters. The normalized spacial score (nSPS) is 10.7. The smallest absolute Gasteiger partial charge is 0.119 e. The van der Waals surface area contributed by atoms with Gasteiger partial charge in [-0.1, -0.05) is 91.0 Å². The van der Waals surface area contributed by atoms with Gasteiger partial charge in [-0.05, 0) is 120 Å². The number of methoxy groups -OCH3 is 2. The Labute approximate surface area is 289 Å². The standard InChI is InChI=1S/C45H38N2O2/c1-48-43-26-22-39(23-27-43)46(37-17-8-4-9-18-37)41-31-34(30-36-16-12-13-21-45(36)35-14-6-3-7-15-35)32-42(33-41)47(38-19-10-5-11-20-38)40-24-28-44(49-2)29-25-40/h3-29,31-33H,30H2,1-2H3. The first-order valence-corrected chi connectivity index (χ1v) is 16.5. The van der Waals surface area contributed by atoms with Crippen molar-refractivity contribution in [3.8, 4) is 22.6 Å². The fourth-order valence-corrected chi connectivity index (χ4v) is 6.32. The molecular weight excluding hydrogens is 601 g/mol. The van der Waals surface area contributed by atoms with Crippen LogP contribution in [-0.4, -0.2) is 14.2 Å². The van der Waals surface area contributed by atoms with E-state index in [0.717, 1.165) is 52.0 Å². The van der Waals surface area contributed by atoms with E-state index in [2.05, 4.69) is 168 Å². The quantitative estimate of drug-likeness (QED) is 0.141. The summed E-state index contributed by atoms with van der Waals surface area (Å²) in [5, 5.41) is 0. The maximum absolute atomic E-state index is 5.52. The molecule has 4 nitrogen and oxygen atoms in total. The van der Waals surface area contributed by atoms with Crippen LogP contribution in [0, 0.1) is 0 Å². The number of anilines is 6. The van der Waals surface area contributed by atoms with Crippen LogP contribution in [-0.2, 0) is 6.42 Å². The van der Waals surface area contributed by atoms with Crippen LogP contribution in [0.5, 0.6) is 11.5 Å². The minimum absolute atomic E-state index is 0.752. The Morgan fingerprint density at radius 1 is 0.388 bits per heavy atom. The highest BCUT2D eigenvalue weighted by atomic mass is 16.5. The molecule has 0 saturated heterocycles. The van der Waals surface area contributed by atoms with Gasteiger partial charge in [0.05, 0.1) is 14.2 Å². The molecular formula is C45H38N2O2. The number of benzene rings is 7. The average Bonchev–Trinajstić information content (AvgIpc) is 3.17. The fraction of sp³-hybridized carbons (Fsp3) is 0.0667. The van der Waals surface area contributed by atoms with Gasteiger partial charge in [0, 0.05) is 34.1 Å². The fourth-order valence-electron chi connectivity index (χ4n) is 6.32. The predicted molar refractivity (Wildman–Crippen MR) is 204 cm³/mol. The van der Waals surface area contributed by atoms with Gasteiger partial charge in [-0.2, -0.15) is 0 Å². The van der Waals surface area contributed by atoms with Crippen LogP contribution in [0.4, 0.5) is 34.1 Å². The molecule has 0 aliphatic heterocycles. The van der Waals surface area contributed by atoms with Gasteiger partial charge in [-0.3, -0.25) is 0 Å².